The van der Waals surface area contributed by atoms with Gasteiger partial charge in [0.15, 0.2) is 12.4 Å². The van der Waals surface area contributed by atoms with Crippen LogP contribution in [0.3, 0.4) is 0 Å². The predicted octanol–water partition coefficient (Wildman–Crippen LogP) is 6.49. The molecule has 9 nitrogen and oxygen atoms in total. The minimum Gasteiger partial charge on any atom is -0.471 e. The molecule has 0 atom stereocenters. The van der Waals surface area contributed by atoms with Crippen molar-refractivity contribution in [3.63, 3.8) is 0 Å². The molecule has 0 fully saturated rings. The molecule has 0 unspecified atom stereocenters. The van der Waals surface area contributed by atoms with Gasteiger partial charge < -0.3 is 14.8 Å². The van der Waals surface area contributed by atoms with E-state index in [1.54, 1.807) is 48.7 Å². The molecule has 0 saturated carbocycles. The Balaban J connectivity index is 1.46. The number of nitro benzene ring substituents is 1. The van der Waals surface area contributed by atoms with E-state index in [4.69, 9.17) is 32.7 Å². The molecule has 0 saturated heterocycles. The summed E-state index contributed by atoms with van der Waals surface area (Å²) in [7, 11) is 0. The number of benzene rings is 3. The maximum absolute atomic E-state index is 12.7. The number of nitrogens with one attached hydrogen (secondary N) is 1. The van der Waals surface area contributed by atoms with Crippen LogP contribution in [0.15, 0.2) is 72.9 Å². The van der Waals surface area contributed by atoms with E-state index in [1.165, 1.54) is 28.9 Å². The highest BCUT2D eigenvalue weighted by molar-refractivity contribution is 6.31. The van der Waals surface area contributed by atoms with Gasteiger partial charge in [0.2, 0.25) is 0 Å². The van der Waals surface area contributed by atoms with Crippen molar-refractivity contribution in [1.29, 1.82) is 0 Å². The average molecular weight is 513 g/mol. The Bertz CT molecular complexity index is 1390. The number of nitrogens with zero attached hydrogens (tertiary/aromatic N) is 3. The van der Waals surface area contributed by atoms with E-state index >= 15 is 0 Å². The fourth-order valence-electron chi connectivity index (χ4n) is 3.06. The number of non-ortho nitro benzene ring substituents is 1. The van der Waals surface area contributed by atoms with E-state index in [0.717, 1.165) is 5.56 Å². The van der Waals surface area contributed by atoms with Crippen molar-refractivity contribution in [1.82, 2.24) is 9.78 Å². The number of hydrogen-bond acceptors (Lipinski definition) is 6. The second kappa shape index (κ2) is 10.5. The Hall–Kier alpha value is -4.08. The molecular formula is C24H18Cl2N4O5. The zero-order valence-corrected chi connectivity index (χ0v) is 19.8. The van der Waals surface area contributed by atoms with Gasteiger partial charge >= 0.3 is 0 Å². The quantitative estimate of drug-likeness (QED) is 0.213. The van der Waals surface area contributed by atoms with E-state index in [1.807, 2.05) is 6.92 Å². The first-order valence-electron chi connectivity index (χ1n) is 10.2. The largest absolute Gasteiger partial charge is 0.471 e. The molecule has 1 aromatic heterocycles. The Labute approximate surface area is 210 Å². The van der Waals surface area contributed by atoms with Crippen LogP contribution >= 0.6 is 23.2 Å². The molecule has 1 heterocycles. The van der Waals surface area contributed by atoms with Gasteiger partial charge in [-0.25, -0.2) is 4.68 Å². The lowest BCUT2D eigenvalue weighted by Gasteiger charge is -2.10. The number of aryl methyl sites for hydroxylation is 1. The van der Waals surface area contributed by atoms with E-state index in [9.17, 15) is 14.9 Å². The second-order valence-corrected chi connectivity index (χ2v) is 8.25. The molecule has 178 valence electrons. The van der Waals surface area contributed by atoms with Crippen LogP contribution in [0.25, 0.3) is 0 Å². The molecular weight excluding hydrogens is 495 g/mol. The average Bonchev–Trinajstić information content (AvgIpc) is 3.30. The summed E-state index contributed by atoms with van der Waals surface area (Å²) in [6, 6.07) is 17.3. The standard InChI is InChI=1S/C24H18Cl2N4O5/c1-15-10-20(6-7-22(15)26)35-21-12-17(11-18(13-21)30(32)33)27-24(31)23-8-9-29(28-23)14-34-19-4-2-16(25)3-5-19/h2-13H,14H2,1H3,(H,27,31). The maximum Gasteiger partial charge on any atom is 0.276 e. The van der Waals surface area contributed by atoms with Gasteiger partial charge in [0.05, 0.1) is 16.7 Å². The van der Waals surface area contributed by atoms with E-state index in [2.05, 4.69) is 10.4 Å². The number of halogens is 2. The summed E-state index contributed by atoms with van der Waals surface area (Å²) in [6.07, 6.45) is 1.58. The maximum atomic E-state index is 12.7. The molecule has 0 aliphatic carbocycles. The summed E-state index contributed by atoms with van der Waals surface area (Å²) in [5.74, 6) is 0.669. The van der Waals surface area contributed by atoms with Crippen molar-refractivity contribution >= 4 is 40.5 Å². The first kappa shape index (κ1) is 24.1. The van der Waals surface area contributed by atoms with Gasteiger partial charge in [0, 0.05) is 28.4 Å². The third-order valence-electron chi connectivity index (χ3n) is 4.78. The molecule has 4 rings (SSSR count). The van der Waals surface area contributed by atoms with Crippen molar-refractivity contribution in [2.24, 2.45) is 0 Å². The highest BCUT2D eigenvalue weighted by atomic mass is 35.5. The van der Waals surface area contributed by atoms with E-state index < -0.39 is 10.8 Å². The van der Waals surface area contributed by atoms with Crippen LogP contribution in [0.4, 0.5) is 11.4 Å². The van der Waals surface area contributed by atoms with Crippen LogP contribution in [0.1, 0.15) is 16.1 Å². The van der Waals surface area contributed by atoms with Crippen LogP contribution in [-0.2, 0) is 6.73 Å². The number of carbonyl (C=O) groups is 1. The third-order valence-corrected chi connectivity index (χ3v) is 5.45. The van der Waals surface area contributed by atoms with Crippen LogP contribution in [0.5, 0.6) is 17.2 Å². The second-order valence-electron chi connectivity index (χ2n) is 7.41. The predicted molar refractivity (Wildman–Crippen MR) is 132 cm³/mol. The van der Waals surface area contributed by atoms with Gasteiger partial charge in [0.1, 0.15) is 17.2 Å². The van der Waals surface area contributed by atoms with E-state index in [0.29, 0.717) is 21.5 Å². The number of rotatable bonds is 8. The Morgan fingerprint density at radius 3 is 2.49 bits per heavy atom. The summed E-state index contributed by atoms with van der Waals surface area (Å²) in [5.41, 5.74) is 0.827. The number of carbonyl (C=O) groups excluding carboxylic acids is 1. The minimum atomic E-state index is -0.571. The summed E-state index contributed by atoms with van der Waals surface area (Å²) >= 11 is 11.9. The van der Waals surface area contributed by atoms with Gasteiger partial charge in [-0.1, -0.05) is 23.2 Å². The molecule has 4 aromatic rings. The summed E-state index contributed by atoms with van der Waals surface area (Å²) in [6.45, 7) is 1.89. The zero-order chi connectivity index (χ0) is 24.9. The lowest BCUT2D eigenvalue weighted by Crippen LogP contribution is -2.14. The number of ether oxygens (including phenoxy) is 2. The van der Waals surface area contributed by atoms with Crippen molar-refractivity contribution < 1.29 is 19.2 Å². The molecule has 1 N–H and O–H groups in total. The lowest BCUT2D eigenvalue weighted by atomic mass is 10.2. The number of anilines is 1. The zero-order valence-electron chi connectivity index (χ0n) is 18.3. The normalized spacial score (nSPS) is 10.6. The molecule has 0 aliphatic rings. The molecule has 0 spiro atoms. The number of aromatic nitrogens is 2. The molecule has 11 heteroatoms. The van der Waals surface area contributed by atoms with Crippen molar-refractivity contribution in [3.05, 3.63) is 104 Å². The highest BCUT2D eigenvalue weighted by Crippen LogP contribution is 2.31. The van der Waals surface area contributed by atoms with Gasteiger partial charge in [-0.2, -0.15) is 5.10 Å². The minimum absolute atomic E-state index is 0.0736. The first-order valence-corrected chi connectivity index (χ1v) is 11.0. The number of nitro groups is 1. The number of hydrogen-bond donors (Lipinski definition) is 1. The molecule has 1 amide bonds. The van der Waals surface area contributed by atoms with Crippen molar-refractivity contribution in [2.45, 2.75) is 13.7 Å². The van der Waals surface area contributed by atoms with Crippen LogP contribution in [0, 0.1) is 17.0 Å². The van der Waals surface area contributed by atoms with Gasteiger partial charge in [0.25, 0.3) is 11.6 Å². The summed E-state index contributed by atoms with van der Waals surface area (Å²) in [5, 5.41) is 19.4. The molecule has 0 radical (unpaired) electrons. The topological polar surface area (TPSA) is 109 Å². The highest BCUT2D eigenvalue weighted by Gasteiger charge is 2.16. The Morgan fingerprint density at radius 1 is 1.03 bits per heavy atom. The molecule has 35 heavy (non-hydrogen) atoms. The molecule has 0 bridgehead atoms. The van der Waals surface area contributed by atoms with Gasteiger partial charge in [-0.05, 0) is 61.0 Å². The molecule has 3 aromatic carbocycles. The van der Waals surface area contributed by atoms with E-state index in [-0.39, 0.29) is 29.5 Å². The van der Waals surface area contributed by atoms with Crippen LogP contribution in [0.2, 0.25) is 10.0 Å². The summed E-state index contributed by atoms with van der Waals surface area (Å²) < 4.78 is 12.8. The van der Waals surface area contributed by atoms with Gasteiger partial charge in [-0.15, -0.1) is 0 Å². The first-order chi connectivity index (χ1) is 16.8. The fourth-order valence-corrected chi connectivity index (χ4v) is 3.30. The van der Waals surface area contributed by atoms with Gasteiger partial charge in [-0.3, -0.25) is 14.9 Å². The Morgan fingerprint density at radius 2 is 1.77 bits per heavy atom. The fraction of sp³-hybridized carbons (Fsp3) is 0.0833. The Kier molecular flexibility index (Phi) is 7.19. The number of amides is 1. The monoisotopic (exact) mass is 512 g/mol. The SMILES string of the molecule is Cc1cc(Oc2cc(NC(=O)c3ccn(COc4ccc(Cl)cc4)n3)cc([N+](=O)[O-])c2)ccc1Cl. The van der Waals surface area contributed by atoms with Crippen LogP contribution < -0.4 is 14.8 Å². The van der Waals surface area contributed by atoms with Crippen molar-refractivity contribution in [2.75, 3.05) is 5.32 Å². The molecule has 0 aliphatic heterocycles. The summed E-state index contributed by atoms with van der Waals surface area (Å²) in [4.78, 5) is 23.5. The van der Waals surface area contributed by atoms with Crippen LogP contribution in [-0.4, -0.2) is 20.6 Å². The third kappa shape index (κ3) is 6.28. The smallest absolute Gasteiger partial charge is 0.276 e. The lowest BCUT2D eigenvalue weighted by molar-refractivity contribution is -0.384. The van der Waals surface area contributed by atoms with Crippen molar-refractivity contribution in [3.8, 4) is 17.2 Å².